The van der Waals surface area contributed by atoms with Crippen LogP contribution in [-0.4, -0.2) is 9.97 Å². The first-order chi connectivity index (χ1) is 6.95. The van der Waals surface area contributed by atoms with E-state index >= 15 is 0 Å². The third-order valence-corrected chi connectivity index (χ3v) is 3.12. The molecule has 2 aromatic heterocycles. The van der Waals surface area contributed by atoms with Crippen LogP contribution in [-0.2, 0) is 12.8 Å². The number of fused-ring (bicyclic) bond motifs is 3. The van der Waals surface area contributed by atoms with Crippen LogP contribution in [0.15, 0.2) is 18.3 Å². The number of aryl methyl sites for hydroxylation is 2. The number of nitrogens with zero attached hydrogens (tertiary/aromatic N) is 1. The van der Waals surface area contributed by atoms with Gasteiger partial charge in [-0.25, -0.2) is 4.98 Å². The van der Waals surface area contributed by atoms with Crippen molar-refractivity contribution in [1.29, 1.82) is 0 Å². The van der Waals surface area contributed by atoms with Crippen molar-refractivity contribution in [3.8, 4) is 0 Å². The third-order valence-electron chi connectivity index (χ3n) is 3.12. The fourth-order valence-corrected chi connectivity index (χ4v) is 2.41. The smallest absolute Gasteiger partial charge is 0.137 e. The van der Waals surface area contributed by atoms with Gasteiger partial charge >= 0.3 is 0 Å². The fraction of sp³-hybridized carbons (Fsp3) is 0.417. The number of hydrogen-bond acceptors (Lipinski definition) is 1. The average molecular weight is 186 g/mol. The molecule has 0 atom stereocenters. The molecule has 0 fully saturated rings. The van der Waals surface area contributed by atoms with Crippen LogP contribution in [0.2, 0.25) is 0 Å². The van der Waals surface area contributed by atoms with Gasteiger partial charge in [-0.15, -0.1) is 0 Å². The van der Waals surface area contributed by atoms with E-state index in [1.54, 1.807) is 0 Å². The molecule has 2 heterocycles. The van der Waals surface area contributed by atoms with Gasteiger partial charge in [0.2, 0.25) is 0 Å². The van der Waals surface area contributed by atoms with E-state index in [-0.39, 0.29) is 0 Å². The van der Waals surface area contributed by atoms with Crippen LogP contribution in [0.1, 0.15) is 30.5 Å². The molecule has 14 heavy (non-hydrogen) atoms. The molecular weight excluding hydrogens is 172 g/mol. The standard InChI is InChI=1S/C12H14N2/c1-2-5-9-10-6-4-8-13-12(10)14-11(9)7-3-1/h4,6,8H,1-3,5,7H2,(H,13,14). The topological polar surface area (TPSA) is 28.7 Å². The summed E-state index contributed by atoms with van der Waals surface area (Å²) in [7, 11) is 0. The molecule has 0 bridgehead atoms. The van der Waals surface area contributed by atoms with E-state index < -0.39 is 0 Å². The Morgan fingerprint density at radius 2 is 2.07 bits per heavy atom. The highest BCUT2D eigenvalue weighted by Gasteiger charge is 2.13. The molecule has 3 rings (SSSR count). The summed E-state index contributed by atoms with van der Waals surface area (Å²) in [6.07, 6.45) is 8.30. The number of rotatable bonds is 0. The third kappa shape index (κ3) is 1.14. The molecular formula is C12H14N2. The lowest BCUT2D eigenvalue weighted by atomic mass is 10.1. The summed E-state index contributed by atoms with van der Waals surface area (Å²) >= 11 is 0. The predicted octanol–water partition coefficient (Wildman–Crippen LogP) is 2.83. The minimum atomic E-state index is 1.07. The van der Waals surface area contributed by atoms with E-state index in [9.17, 15) is 0 Å². The van der Waals surface area contributed by atoms with Crippen molar-refractivity contribution in [2.24, 2.45) is 0 Å². The van der Waals surface area contributed by atoms with Crippen LogP contribution in [0.25, 0.3) is 11.0 Å². The first kappa shape index (κ1) is 8.04. The Kier molecular flexibility index (Phi) is 1.79. The normalized spacial score (nSPS) is 16.6. The highest BCUT2D eigenvalue weighted by atomic mass is 14.9. The van der Waals surface area contributed by atoms with Gasteiger partial charge in [0.25, 0.3) is 0 Å². The van der Waals surface area contributed by atoms with Gasteiger partial charge in [-0.2, -0.15) is 0 Å². The molecule has 1 aliphatic carbocycles. The lowest BCUT2D eigenvalue weighted by molar-refractivity contribution is 0.708. The Morgan fingerprint density at radius 1 is 1.14 bits per heavy atom. The van der Waals surface area contributed by atoms with Gasteiger partial charge in [-0.05, 0) is 43.4 Å². The Morgan fingerprint density at radius 3 is 3.07 bits per heavy atom. The number of H-pyrrole nitrogens is 1. The van der Waals surface area contributed by atoms with Gasteiger partial charge < -0.3 is 4.98 Å². The molecule has 72 valence electrons. The second-order valence-electron chi connectivity index (χ2n) is 4.04. The quantitative estimate of drug-likeness (QED) is 0.630. The Hall–Kier alpha value is -1.31. The van der Waals surface area contributed by atoms with Crippen LogP contribution in [0, 0.1) is 0 Å². The maximum Gasteiger partial charge on any atom is 0.137 e. The van der Waals surface area contributed by atoms with Crippen molar-refractivity contribution < 1.29 is 0 Å². The van der Waals surface area contributed by atoms with Gasteiger partial charge in [-0.3, -0.25) is 0 Å². The summed E-state index contributed by atoms with van der Waals surface area (Å²) in [5, 5.41) is 1.34. The minimum absolute atomic E-state index is 1.07. The Labute approximate surface area is 83.4 Å². The van der Waals surface area contributed by atoms with Crippen molar-refractivity contribution in [2.45, 2.75) is 32.1 Å². The van der Waals surface area contributed by atoms with Crippen molar-refractivity contribution in [3.05, 3.63) is 29.6 Å². The largest absolute Gasteiger partial charge is 0.343 e. The maximum absolute atomic E-state index is 4.36. The summed E-state index contributed by atoms with van der Waals surface area (Å²) in [5.74, 6) is 0. The van der Waals surface area contributed by atoms with E-state index in [4.69, 9.17) is 0 Å². The van der Waals surface area contributed by atoms with Crippen LogP contribution in [0.4, 0.5) is 0 Å². The van der Waals surface area contributed by atoms with E-state index in [0.29, 0.717) is 0 Å². The molecule has 1 aliphatic rings. The molecule has 0 aromatic carbocycles. The second kappa shape index (κ2) is 3.12. The fourth-order valence-electron chi connectivity index (χ4n) is 2.41. The molecule has 2 nitrogen and oxygen atoms in total. The lowest BCUT2D eigenvalue weighted by Crippen LogP contribution is -1.86. The summed E-state index contributed by atoms with van der Waals surface area (Å²) in [6, 6.07) is 4.21. The number of hydrogen-bond donors (Lipinski definition) is 1. The molecule has 0 unspecified atom stereocenters. The highest BCUT2D eigenvalue weighted by molar-refractivity contribution is 5.81. The maximum atomic E-state index is 4.36. The number of aromatic amines is 1. The summed E-state index contributed by atoms with van der Waals surface area (Å²) in [6.45, 7) is 0. The van der Waals surface area contributed by atoms with Crippen molar-refractivity contribution in [3.63, 3.8) is 0 Å². The second-order valence-corrected chi connectivity index (χ2v) is 4.04. The zero-order valence-corrected chi connectivity index (χ0v) is 8.21. The summed E-state index contributed by atoms with van der Waals surface area (Å²) in [5.41, 5.74) is 4.02. The SMILES string of the molecule is c1cnc2[nH]c3c(c2c1)CCCCC3. The van der Waals surface area contributed by atoms with Gasteiger partial charge in [0.15, 0.2) is 0 Å². The summed E-state index contributed by atoms with van der Waals surface area (Å²) in [4.78, 5) is 7.81. The number of pyridine rings is 1. The molecule has 0 saturated carbocycles. The van der Waals surface area contributed by atoms with Gasteiger partial charge in [0.05, 0.1) is 0 Å². The van der Waals surface area contributed by atoms with Crippen LogP contribution < -0.4 is 0 Å². The van der Waals surface area contributed by atoms with E-state index in [2.05, 4.69) is 16.0 Å². The lowest BCUT2D eigenvalue weighted by Gasteiger charge is -1.96. The predicted molar refractivity (Wildman–Crippen MR) is 57.4 cm³/mol. The monoisotopic (exact) mass is 186 g/mol. The Bertz CT molecular complexity index is 456. The van der Waals surface area contributed by atoms with Gasteiger partial charge in [-0.1, -0.05) is 6.42 Å². The highest BCUT2D eigenvalue weighted by Crippen LogP contribution is 2.26. The zero-order valence-electron chi connectivity index (χ0n) is 8.21. The first-order valence-corrected chi connectivity index (χ1v) is 5.39. The molecule has 0 amide bonds. The van der Waals surface area contributed by atoms with Gasteiger partial charge in [0, 0.05) is 17.3 Å². The van der Waals surface area contributed by atoms with Crippen molar-refractivity contribution in [1.82, 2.24) is 9.97 Å². The van der Waals surface area contributed by atoms with E-state index in [1.165, 1.54) is 48.7 Å². The average Bonchev–Trinajstić information content (AvgIpc) is 2.42. The van der Waals surface area contributed by atoms with Crippen molar-refractivity contribution >= 4 is 11.0 Å². The molecule has 0 spiro atoms. The van der Waals surface area contributed by atoms with E-state index in [0.717, 1.165) is 5.65 Å². The van der Waals surface area contributed by atoms with Crippen LogP contribution in [0.5, 0.6) is 0 Å². The molecule has 2 heteroatoms. The van der Waals surface area contributed by atoms with Crippen LogP contribution >= 0.6 is 0 Å². The molecule has 0 aliphatic heterocycles. The van der Waals surface area contributed by atoms with Gasteiger partial charge in [0.1, 0.15) is 5.65 Å². The number of nitrogens with one attached hydrogen (secondary N) is 1. The molecule has 0 saturated heterocycles. The Balaban J connectivity index is 2.24. The number of aromatic nitrogens is 2. The molecule has 0 radical (unpaired) electrons. The van der Waals surface area contributed by atoms with Crippen LogP contribution in [0.3, 0.4) is 0 Å². The molecule has 1 N–H and O–H groups in total. The minimum Gasteiger partial charge on any atom is -0.343 e. The van der Waals surface area contributed by atoms with Crippen molar-refractivity contribution in [2.75, 3.05) is 0 Å². The first-order valence-electron chi connectivity index (χ1n) is 5.39. The zero-order chi connectivity index (χ0) is 9.38. The molecule has 2 aromatic rings. The summed E-state index contributed by atoms with van der Waals surface area (Å²) < 4.78 is 0. The van der Waals surface area contributed by atoms with E-state index in [1.807, 2.05) is 12.3 Å².